The Kier molecular flexibility index (Phi) is 6.68. The summed E-state index contributed by atoms with van der Waals surface area (Å²) in [5, 5.41) is 8.33. The van der Waals surface area contributed by atoms with Crippen molar-refractivity contribution < 1.29 is 9.90 Å². The molecule has 65 valence electrons. The molecule has 0 rings (SSSR count). The van der Waals surface area contributed by atoms with Gasteiger partial charge in [-0.2, -0.15) is 0 Å². The SMILES string of the molecule is CCC([Se])CCCCC(=O)O. The van der Waals surface area contributed by atoms with E-state index in [-0.39, 0.29) is 0 Å². The van der Waals surface area contributed by atoms with Crippen LogP contribution in [0.5, 0.6) is 0 Å². The molecule has 0 bridgehead atoms. The fourth-order valence-electron chi connectivity index (χ4n) is 0.852. The van der Waals surface area contributed by atoms with Gasteiger partial charge in [-0.1, -0.05) is 0 Å². The number of rotatable bonds is 6. The van der Waals surface area contributed by atoms with Crippen LogP contribution in [-0.2, 0) is 4.79 Å². The van der Waals surface area contributed by atoms with Crippen molar-refractivity contribution in [3.05, 3.63) is 0 Å². The number of hydrogen-bond acceptors (Lipinski definition) is 1. The van der Waals surface area contributed by atoms with Crippen LogP contribution in [0, 0.1) is 0 Å². The number of carboxylic acid groups (broad SMARTS) is 1. The Morgan fingerprint density at radius 2 is 2.18 bits per heavy atom. The van der Waals surface area contributed by atoms with Gasteiger partial charge in [-0.25, -0.2) is 0 Å². The van der Waals surface area contributed by atoms with Gasteiger partial charge >= 0.3 is 75.7 Å². The number of hydrogen-bond donors (Lipinski definition) is 1. The maximum atomic E-state index is 10.1. The molecule has 0 aliphatic heterocycles. The van der Waals surface area contributed by atoms with E-state index in [2.05, 4.69) is 22.9 Å². The Labute approximate surface area is 76.2 Å². The molecule has 2 nitrogen and oxygen atoms in total. The van der Waals surface area contributed by atoms with Crippen LogP contribution in [0.15, 0.2) is 0 Å². The van der Waals surface area contributed by atoms with Crippen LogP contribution in [0.2, 0.25) is 4.82 Å². The summed E-state index contributed by atoms with van der Waals surface area (Å²) in [6, 6.07) is 0. The quantitative estimate of drug-likeness (QED) is 0.551. The Balaban J connectivity index is 3.08. The third kappa shape index (κ3) is 7.89. The molecule has 1 unspecified atom stereocenters. The van der Waals surface area contributed by atoms with Gasteiger partial charge < -0.3 is 0 Å². The molecular weight excluding hydrogens is 207 g/mol. The molecule has 11 heavy (non-hydrogen) atoms. The van der Waals surface area contributed by atoms with E-state index in [4.69, 9.17) is 5.11 Å². The van der Waals surface area contributed by atoms with Crippen LogP contribution in [-0.4, -0.2) is 27.1 Å². The van der Waals surface area contributed by atoms with Gasteiger partial charge in [0, 0.05) is 0 Å². The fourth-order valence-corrected chi connectivity index (χ4v) is 1.20. The number of unbranched alkanes of at least 4 members (excludes halogenated alkanes) is 1. The number of aliphatic carboxylic acids is 1. The molecule has 0 aromatic heterocycles. The molecule has 3 heteroatoms. The number of carbonyl (C=O) groups is 1. The van der Waals surface area contributed by atoms with Crippen molar-refractivity contribution in [1.82, 2.24) is 0 Å². The zero-order valence-corrected chi connectivity index (χ0v) is 8.59. The fraction of sp³-hybridized carbons (Fsp3) is 0.875. The van der Waals surface area contributed by atoms with E-state index < -0.39 is 5.97 Å². The predicted octanol–water partition coefficient (Wildman–Crippen LogP) is 2.00. The Hall–Kier alpha value is -0.0105. The van der Waals surface area contributed by atoms with E-state index in [0.717, 1.165) is 25.7 Å². The second-order valence-corrected chi connectivity index (χ2v) is 4.07. The maximum absolute atomic E-state index is 10.1. The molecule has 0 fully saturated rings. The summed E-state index contributed by atoms with van der Waals surface area (Å²) in [6.07, 6.45) is 4.42. The van der Waals surface area contributed by atoms with E-state index in [1.165, 1.54) is 0 Å². The summed E-state index contributed by atoms with van der Waals surface area (Å²) in [7, 11) is 0. The van der Waals surface area contributed by atoms with Gasteiger partial charge in [0.15, 0.2) is 0 Å². The van der Waals surface area contributed by atoms with E-state index in [1.54, 1.807) is 0 Å². The van der Waals surface area contributed by atoms with Crippen LogP contribution < -0.4 is 0 Å². The Morgan fingerprint density at radius 3 is 2.64 bits per heavy atom. The summed E-state index contributed by atoms with van der Waals surface area (Å²) in [5.74, 6) is -0.682. The summed E-state index contributed by atoms with van der Waals surface area (Å²) in [4.78, 5) is 10.7. The van der Waals surface area contributed by atoms with Gasteiger partial charge in [-0.05, 0) is 0 Å². The van der Waals surface area contributed by atoms with E-state index >= 15 is 0 Å². The van der Waals surface area contributed by atoms with Crippen molar-refractivity contribution in [2.45, 2.75) is 43.8 Å². The zero-order chi connectivity index (χ0) is 8.69. The first-order valence-electron chi connectivity index (χ1n) is 4.04. The molecule has 0 aromatic carbocycles. The molecule has 0 aromatic rings. The third-order valence-electron chi connectivity index (χ3n) is 1.62. The number of carboxylic acids is 1. The first-order chi connectivity index (χ1) is 5.16. The Morgan fingerprint density at radius 1 is 1.55 bits per heavy atom. The molecule has 0 saturated carbocycles. The van der Waals surface area contributed by atoms with Gasteiger partial charge in [0.05, 0.1) is 0 Å². The average Bonchev–Trinajstić information content (AvgIpc) is 1.97. The predicted molar refractivity (Wildman–Crippen MR) is 45.9 cm³/mol. The molecule has 0 aliphatic rings. The van der Waals surface area contributed by atoms with Gasteiger partial charge in [0.25, 0.3) is 0 Å². The minimum atomic E-state index is -0.682. The van der Waals surface area contributed by atoms with E-state index in [0.29, 0.717) is 11.2 Å². The van der Waals surface area contributed by atoms with E-state index in [1.807, 2.05) is 0 Å². The topological polar surface area (TPSA) is 37.3 Å². The second kappa shape index (κ2) is 6.68. The van der Waals surface area contributed by atoms with Crippen LogP contribution in [0.3, 0.4) is 0 Å². The average molecular weight is 222 g/mol. The molecule has 1 radical (unpaired) electrons. The summed E-state index contributed by atoms with van der Waals surface area (Å²) in [5.41, 5.74) is 0. The summed E-state index contributed by atoms with van der Waals surface area (Å²) >= 11 is 3.07. The minimum absolute atomic E-state index is 0.316. The standard InChI is InChI=1S/C8H15O2Se/c1-2-7(11)5-3-4-6-8(9)10/h7H,2-6H2,1H3,(H,9,10). The van der Waals surface area contributed by atoms with Crippen molar-refractivity contribution in [2.75, 3.05) is 0 Å². The third-order valence-corrected chi connectivity index (χ3v) is 2.82. The van der Waals surface area contributed by atoms with Crippen LogP contribution in [0.4, 0.5) is 0 Å². The first-order valence-corrected chi connectivity index (χ1v) is 5.03. The van der Waals surface area contributed by atoms with Crippen molar-refractivity contribution in [3.8, 4) is 0 Å². The molecular formula is C8H15O2Se. The summed E-state index contributed by atoms with van der Waals surface area (Å²) < 4.78 is 0. The van der Waals surface area contributed by atoms with Crippen molar-refractivity contribution >= 4 is 22.0 Å². The molecule has 1 N–H and O–H groups in total. The molecule has 0 saturated heterocycles. The first kappa shape index (κ1) is 11.0. The van der Waals surface area contributed by atoms with Crippen molar-refractivity contribution in [3.63, 3.8) is 0 Å². The molecule has 0 amide bonds. The second-order valence-electron chi connectivity index (χ2n) is 2.67. The van der Waals surface area contributed by atoms with Crippen LogP contribution in [0.25, 0.3) is 0 Å². The van der Waals surface area contributed by atoms with Crippen molar-refractivity contribution in [1.29, 1.82) is 0 Å². The van der Waals surface area contributed by atoms with Gasteiger partial charge in [-0.3, -0.25) is 0 Å². The van der Waals surface area contributed by atoms with E-state index in [9.17, 15) is 4.79 Å². The van der Waals surface area contributed by atoms with Crippen LogP contribution in [0.1, 0.15) is 39.0 Å². The molecule has 0 aliphatic carbocycles. The Bertz CT molecular complexity index is 115. The normalized spacial score (nSPS) is 12.9. The molecule has 0 spiro atoms. The van der Waals surface area contributed by atoms with Gasteiger partial charge in [0.1, 0.15) is 0 Å². The molecule has 0 heterocycles. The van der Waals surface area contributed by atoms with Crippen LogP contribution >= 0.6 is 0 Å². The van der Waals surface area contributed by atoms with Gasteiger partial charge in [-0.15, -0.1) is 0 Å². The van der Waals surface area contributed by atoms with Crippen molar-refractivity contribution in [2.24, 2.45) is 0 Å². The van der Waals surface area contributed by atoms with Gasteiger partial charge in [0.2, 0.25) is 0 Å². The summed E-state index contributed by atoms with van der Waals surface area (Å²) in [6.45, 7) is 2.14. The molecule has 1 atom stereocenters. The zero-order valence-electron chi connectivity index (χ0n) is 6.88. The monoisotopic (exact) mass is 223 g/mol.